The highest BCUT2D eigenvalue weighted by atomic mass is 79.9. The molecule has 114 valence electrons. The molecule has 1 aromatic heterocycles. The number of thioether (sulfide) groups is 1. The first-order valence-corrected chi connectivity index (χ1v) is 7.86. The van der Waals surface area contributed by atoms with E-state index in [9.17, 15) is 18.0 Å². The normalized spacial score (nSPS) is 13.3. The molecule has 1 aromatic rings. The molecule has 1 unspecified atom stereocenters. The average molecular weight is 374 g/mol. The second-order valence-corrected chi connectivity index (χ2v) is 6.27. The zero-order chi connectivity index (χ0) is 15.3. The van der Waals surface area contributed by atoms with Gasteiger partial charge in [-0.1, -0.05) is 6.92 Å². The van der Waals surface area contributed by atoms with Crippen molar-refractivity contribution in [3.63, 3.8) is 0 Å². The summed E-state index contributed by atoms with van der Waals surface area (Å²) in [6, 6.07) is 0.0796. The summed E-state index contributed by atoms with van der Waals surface area (Å²) in [6.07, 6.45) is -3.25. The molecule has 0 amide bonds. The molecule has 0 fully saturated rings. The van der Waals surface area contributed by atoms with Gasteiger partial charge in [0.2, 0.25) is 0 Å². The smallest absolute Gasteiger partial charge is 0.379 e. The van der Waals surface area contributed by atoms with Crippen LogP contribution in [0.25, 0.3) is 0 Å². The van der Waals surface area contributed by atoms with E-state index in [0.29, 0.717) is 10.4 Å². The average Bonchev–Trinajstić information content (AvgIpc) is 2.34. The third kappa shape index (κ3) is 5.35. The van der Waals surface area contributed by atoms with Crippen LogP contribution in [0.3, 0.4) is 0 Å². The van der Waals surface area contributed by atoms with Gasteiger partial charge in [-0.15, -0.1) is 0 Å². The van der Waals surface area contributed by atoms with E-state index in [4.69, 9.17) is 0 Å². The van der Waals surface area contributed by atoms with Crippen molar-refractivity contribution in [2.75, 3.05) is 16.8 Å². The molecule has 0 radical (unpaired) electrons. The van der Waals surface area contributed by atoms with Gasteiger partial charge in [0.1, 0.15) is 11.0 Å². The fourth-order valence-corrected chi connectivity index (χ4v) is 2.54. The van der Waals surface area contributed by atoms with E-state index in [1.165, 1.54) is 6.20 Å². The summed E-state index contributed by atoms with van der Waals surface area (Å²) >= 11 is 4.75. The summed E-state index contributed by atoms with van der Waals surface area (Å²) in [5, 5.41) is 6.59. The minimum Gasteiger partial charge on any atom is -0.379 e. The minimum atomic E-state index is -4.48. The Morgan fingerprint density at radius 1 is 1.55 bits per heavy atom. The fourth-order valence-electron chi connectivity index (χ4n) is 1.45. The van der Waals surface area contributed by atoms with Gasteiger partial charge in [-0.05, 0) is 28.6 Å². The van der Waals surface area contributed by atoms with Gasteiger partial charge in [0.05, 0.1) is 11.9 Å². The maximum absolute atomic E-state index is 12.3. The van der Waals surface area contributed by atoms with Crippen LogP contribution in [-0.4, -0.2) is 33.5 Å². The van der Waals surface area contributed by atoms with Gasteiger partial charge in [-0.2, -0.15) is 30.0 Å². The van der Waals surface area contributed by atoms with Crippen LogP contribution < -0.4 is 10.9 Å². The molecule has 0 bridgehead atoms. The van der Waals surface area contributed by atoms with Crippen LogP contribution in [0, 0.1) is 0 Å². The van der Waals surface area contributed by atoms with Crippen molar-refractivity contribution in [3.8, 4) is 0 Å². The number of hydrogen-bond donors (Lipinski definition) is 1. The molecule has 1 heterocycles. The number of nitrogens with zero attached hydrogens (tertiary/aromatic N) is 2. The van der Waals surface area contributed by atoms with E-state index >= 15 is 0 Å². The first kappa shape index (κ1) is 17.4. The van der Waals surface area contributed by atoms with Gasteiger partial charge in [-0.25, -0.2) is 4.68 Å². The molecule has 0 aromatic carbocycles. The number of aromatic nitrogens is 2. The zero-order valence-corrected chi connectivity index (χ0v) is 13.4. The first-order valence-electron chi connectivity index (χ1n) is 5.91. The number of hydrogen-bond acceptors (Lipinski definition) is 4. The molecular weight excluding hydrogens is 359 g/mol. The summed E-state index contributed by atoms with van der Waals surface area (Å²) < 4.78 is 37.3. The van der Waals surface area contributed by atoms with Crippen molar-refractivity contribution in [2.45, 2.75) is 32.6 Å². The second kappa shape index (κ2) is 7.35. The molecule has 1 rings (SSSR count). The van der Waals surface area contributed by atoms with E-state index in [-0.39, 0.29) is 10.5 Å². The third-order valence-electron chi connectivity index (χ3n) is 2.29. The molecule has 0 aliphatic carbocycles. The first-order chi connectivity index (χ1) is 9.24. The molecule has 20 heavy (non-hydrogen) atoms. The molecule has 4 nitrogen and oxygen atoms in total. The minimum absolute atomic E-state index is 0.0603. The molecule has 1 N–H and O–H groups in total. The highest BCUT2D eigenvalue weighted by molar-refractivity contribution is 9.10. The summed E-state index contributed by atoms with van der Waals surface area (Å²) in [6.45, 7) is 2.56. The molecule has 9 heteroatoms. The van der Waals surface area contributed by atoms with Crippen LogP contribution in [0.5, 0.6) is 0 Å². The van der Waals surface area contributed by atoms with Crippen molar-refractivity contribution >= 4 is 33.4 Å². The molecule has 0 saturated heterocycles. The van der Waals surface area contributed by atoms with E-state index in [1.807, 2.05) is 13.8 Å². The molecule has 0 spiro atoms. The number of rotatable bonds is 6. The largest absolute Gasteiger partial charge is 0.408 e. The lowest BCUT2D eigenvalue weighted by Crippen LogP contribution is -2.31. The van der Waals surface area contributed by atoms with Crippen LogP contribution >= 0.6 is 27.7 Å². The quantitative estimate of drug-likeness (QED) is 0.831. The highest BCUT2D eigenvalue weighted by Gasteiger charge is 2.29. The number of anilines is 1. The molecule has 0 saturated carbocycles. The fraction of sp³-hybridized carbons (Fsp3) is 0.636. The highest BCUT2D eigenvalue weighted by Crippen LogP contribution is 2.20. The summed E-state index contributed by atoms with van der Waals surface area (Å²) in [7, 11) is 0. The van der Waals surface area contributed by atoms with Gasteiger partial charge in [0.15, 0.2) is 0 Å². The maximum Gasteiger partial charge on any atom is 0.408 e. The topological polar surface area (TPSA) is 46.9 Å². The molecule has 1 atom stereocenters. The lowest BCUT2D eigenvalue weighted by Gasteiger charge is -2.16. The lowest BCUT2D eigenvalue weighted by molar-refractivity contribution is -0.143. The SMILES string of the molecule is CCSCC(C)Nc1cnn(CC(F)(F)F)c(=O)c1Br. The molecule has 0 aliphatic rings. The number of halogens is 4. The second-order valence-electron chi connectivity index (χ2n) is 4.16. The van der Waals surface area contributed by atoms with E-state index in [1.54, 1.807) is 11.8 Å². The van der Waals surface area contributed by atoms with Crippen molar-refractivity contribution in [1.82, 2.24) is 9.78 Å². The number of alkyl halides is 3. The van der Waals surface area contributed by atoms with Gasteiger partial charge in [0, 0.05) is 11.8 Å². The Bertz CT molecular complexity index is 507. The van der Waals surface area contributed by atoms with Crippen LogP contribution in [-0.2, 0) is 6.54 Å². The lowest BCUT2D eigenvalue weighted by atomic mass is 10.3. The van der Waals surface area contributed by atoms with Crippen molar-refractivity contribution in [3.05, 3.63) is 21.0 Å². The predicted octanol–water partition coefficient (Wildman–Crippen LogP) is 3.12. The van der Waals surface area contributed by atoms with Gasteiger partial charge in [-0.3, -0.25) is 4.79 Å². The van der Waals surface area contributed by atoms with Crippen LogP contribution in [0.1, 0.15) is 13.8 Å². The monoisotopic (exact) mass is 373 g/mol. The van der Waals surface area contributed by atoms with Gasteiger partial charge in [0.25, 0.3) is 5.56 Å². The van der Waals surface area contributed by atoms with Gasteiger partial charge < -0.3 is 5.32 Å². The van der Waals surface area contributed by atoms with E-state index in [2.05, 4.69) is 26.3 Å². The summed E-state index contributed by atoms with van der Waals surface area (Å²) in [4.78, 5) is 11.8. The predicted molar refractivity (Wildman–Crippen MR) is 78.3 cm³/mol. The van der Waals surface area contributed by atoms with Crippen LogP contribution in [0.4, 0.5) is 18.9 Å². The molecular formula is C11H15BrF3N3OS. The van der Waals surface area contributed by atoms with Crippen molar-refractivity contribution < 1.29 is 13.2 Å². The Labute approximate surface area is 127 Å². The van der Waals surface area contributed by atoms with E-state index in [0.717, 1.165) is 11.5 Å². The molecule has 0 aliphatic heterocycles. The third-order valence-corrected chi connectivity index (χ3v) is 4.20. The van der Waals surface area contributed by atoms with Crippen LogP contribution in [0.2, 0.25) is 0 Å². The Kier molecular flexibility index (Phi) is 6.38. The summed E-state index contributed by atoms with van der Waals surface area (Å²) in [5.74, 6) is 1.80. The van der Waals surface area contributed by atoms with Crippen molar-refractivity contribution in [2.24, 2.45) is 0 Å². The Hall–Kier alpha value is -0.700. The maximum atomic E-state index is 12.3. The van der Waals surface area contributed by atoms with Crippen molar-refractivity contribution in [1.29, 1.82) is 0 Å². The standard InChI is InChI=1S/C11H15BrF3N3OS/c1-3-20-5-7(2)17-8-4-16-18(6-11(13,14)15)10(19)9(8)12/h4,7,17H,3,5-6H2,1-2H3. The van der Waals surface area contributed by atoms with E-state index < -0.39 is 18.3 Å². The zero-order valence-electron chi connectivity index (χ0n) is 11.0. The Morgan fingerprint density at radius 2 is 2.20 bits per heavy atom. The summed E-state index contributed by atoms with van der Waals surface area (Å²) in [5.41, 5.74) is -0.403. The van der Waals surface area contributed by atoms with Crippen LogP contribution in [0.15, 0.2) is 15.5 Å². The Balaban J connectivity index is 2.86. The number of nitrogens with one attached hydrogen (secondary N) is 1. The van der Waals surface area contributed by atoms with Gasteiger partial charge >= 0.3 is 6.18 Å². The Morgan fingerprint density at radius 3 is 2.75 bits per heavy atom.